The third-order valence-corrected chi connectivity index (χ3v) is 5.13. The molecule has 0 heterocycles. The number of guanidine groups is 1. The number of hydrogen-bond donors (Lipinski definition) is 8. The van der Waals surface area contributed by atoms with Gasteiger partial charge in [-0.3, -0.25) is 19.4 Å². The number of aliphatic imine (C=N–C) groups is 1. The molecule has 0 bridgehead atoms. The van der Waals surface area contributed by atoms with E-state index in [9.17, 15) is 19.2 Å². The van der Waals surface area contributed by atoms with Crippen molar-refractivity contribution < 1.29 is 24.3 Å². The minimum Gasteiger partial charge on any atom is -0.480 e. The number of rotatable bonds is 14. The second-order valence-corrected chi connectivity index (χ2v) is 7.98. The van der Waals surface area contributed by atoms with Gasteiger partial charge in [0, 0.05) is 12.3 Å². The Morgan fingerprint density at radius 2 is 1.62 bits per heavy atom. The maximum absolute atomic E-state index is 12.7. The Bertz CT molecular complexity index is 864. The van der Waals surface area contributed by atoms with Gasteiger partial charge < -0.3 is 38.3 Å². The summed E-state index contributed by atoms with van der Waals surface area (Å²) < 4.78 is 0. The first kappa shape index (κ1) is 28.7. The van der Waals surface area contributed by atoms with Crippen molar-refractivity contribution in [2.24, 2.45) is 22.2 Å². The number of amides is 3. The number of nitrogens with two attached hydrogens (primary N) is 3. The zero-order chi connectivity index (χ0) is 25.7. The smallest absolute Gasteiger partial charge is 0.327 e. The average Bonchev–Trinajstić information content (AvgIpc) is 2.79. The van der Waals surface area contributed by atoms with Crippen LogP contribution in [0.25, 0.3) is 0 Å². The van der Waals surface area contributed by atoms with Crippen LogP contribution in [0.5, 0.6) is 0 Å². The molecule has 188 valence electrons. The summed E-state index contributed by atoms with van der Waals surface area (Å²) >= 11 is 3.91. The fraction of sp³-hybridized carbons (Fsp3) is 0.476. The Morgan fingerprint density at radius 3 is 2.18 bits per heavy atom. The third-order valence-electron chi connectivity index (χ3n) is 4.76. The van der Waals surface area contributed by atoms with Gasteiger partial charge in [0.1, 0.15) is 18.1 Å². The van der Waals surface area contributed by atoms with E-state index in [1.807, 2.05) is 30.3 Å². The first-order chi connectivity index (χ1) is 16.0. The van der Waals surface area contributed by atoms with Gasteiger partial charge in [0.25, 0.3) is 0 Å². The molecule has 0 saturated heterocycles. The molecule has 34 heavy (non-hydrogen) atoms. The molecule has 12 nitrogen and oxygen atoms in total. The van der Waals surface area contributed by atoms with Crippen LogP contribution in [-0.2, 0) is 25.6 Å². The highest BCUT2D eigenvalue weighted by Crippen LogP contribution is 2.04. The molecule has 0 saturated carbocycles. The molecule has 0 aliphatic rings. The van der Waals surface area contributed by atoms with E-state index in [1.54, 1.807) is 0 Å². The number of nitrogens with one attached hydrogen (secondary N) is 3. The van der Waals surface area contributed by atoms with E-state index < -0.39 is 47.9 Å². The number of benzene rings is 1. The van der Waals surface area contributed by atoms with Gasteiger partial charge in [0.15, 0.2) is 5.96 Å². The molecular formula is C21H33N7O5S. The van der Waals surface area contributed by atoms with Crippen LogP contribution in [0.1, 0.15) is 25.3 Å². The Labute approximate surface area is 203 Å². The molecule has 4 unspecified atom stereocenters. The Kier molecular flexibility index (Phi) is 12.5. The highest BCUT2D eigenvalue weighted by Gasteiger charge is 2.28. The molecule has 0 aliphatic heterocycles. The minimum absolute atomic E-state index is 0.116. The maximum Gasteiger partial charge on any atom is 0.327 e. The van der Waals surface area contributed by atoms with Gasteiger partial charge in [-0.2, -0.15) is 12.6 Å². The van der Waals surface area contributed by atoms with E-state index in [-0.39, 0.29) is 31.1 Å². The van der Waals surface area contributed by atoms with Crippen molar-refractivity contribution in [3.63, 3.8) is 0 Å². The van der Waals surface area contributed by atoms with E-state index in [4.69, 9.17) is 22.3 Å². The van der Waals surface area contributed by atoms with E-state index >= 15 is 0 Å². The summed E-state index contributed by atoms with van der Waals surface area (Å²) in [5.41, 5.74) is 17.4. The summed E-state index contributed by atoms with van der Waals surface area (Å²) in [4.78, 5) is 52.7. The molecule has 0 radical (unpaired) electrons. The zero-order valence-electron chi connectivity index (χ0n) is 18.9. The molecule has 4 atom stereocenters. The number of aliphatic carboxylic acids is 1. The highest BCUT2D eigenvalue weighted by atomic mass is 32.1. The second-order valence-electron chi connectivity index (χ2n) is 7.62. The van der Waals surface area contributed by atoms with Crippen LogP contribution in [-0.4, -0.2) is 71.2 Å². The van der Waals surface area contributed by atoms with Crippen molar-refractivity contribution in [2.75, 3.05) is 12.3 Å². The van der Waals surface area contributed by atoms with Crippen molar-refractivity contribution >= 4 is 42.3 Å². The first-order valence-electron chi connectivity index (χ1n) is 10.6. The molecule has 0 fully saturated rings. The molecule has 10 N–H and O–H groups in total. The number of thiol groups is 1. The summed E-state index contributed by atoms with van der Waals surface area (Å²) in [7, 11) is 0. The topological polar surface area (TPSA) is 215 Å². The summed E-state index contributed by atoms with van der Waals surface area (Å²) in [6.45, 7) is 1.65. The largest absolute Gasteiger partial charge is 0.480 e. The summed E-state index contributed by atoms with van der Waals surface area (Å²) in [6, 6.07) is 5.00. The van der Waals surface area contributed by atoms with Crippen molar-refractivity contribution in [1.82, 2.24) is 16.0 Å². The van der Waals surface area contributed by atoms with Gasteiger partial charge in [0.2, 0.25) is 17.7 Å². The fourth-order valence-corrected chi connectivity index (χ4v) is 3.12. The first-order valence-corrected chi connectivity index (χ1v) is 11.3. The monoisotopic (exact) mass is 495 g/mol. The molecule has 3 amide bonds. The number of hydrogen-bond acceptors (Lipinski definition) is 7. The normalized spacial score (nSPS) is 14.1. The van der Waals surface area contributed by atoms with E-state index in [0.717, 1.165) is 5.56 Å². The van der Waals surface area contributed by atoms with Crippen LogP contribution in [0.15, 0.2) is 35.3 Å². The number of carbonyl (C=O) groups excluding carboxylic acids is 3. The fourth-order valence-electron chi connectivity index (χ4n) is 2.87. The zero-order valence-corrected chi connectivity index (χ0v) is 19.8. The molecule has 1 rings (SSSR count). The van der Waals surface area contributed by atoms with Crippen molar-refractivity contribution in [1.29, 1.82) is 0 Å². The number of carboxylic acids is 1. The lowest BCUT2D eigenvalue weighted by atomic mass is 10.1. The van der Waals surface area contributed by atoms with Crippen LogP contribution < -0.4 is 33.2 Å². The molecular weight excluding hydrogens is 462 g/mol. The Hall–Kier alpha value is -3.32. The maximum atomic E-state index is 12.7. The lowest BCUT2D eigenvalue weighted by Gasteiger charge is -2.23. The van der Waals surface area contributed by atoms with E-state index in [2.05, 4.69) is 33.6 Å². The van der Waals surface area contributed by atoms with E-state index in [0.29, 0.717) is 6.42 Å². The predicted octanol–water partition coefficient (Wildman–Crippen LogP) is -1.90. The van der Waals surface area contributed by atoms with Gasteiger partial charge >= 0.3 is 5.97 Å². The number of carboxylic acid groups (broad SMARTS) is 1. The third kappa shape index (κ3) is 10.5. The summed E-state index contributed by atoms with van der Waals surface area (Å²) in [5.74, 6) is -3.39. The van der Waals surface area contributed by atoms with Crippen LogP contribution >= 0.6 is 12.6 Å². The molecule has 0 aromatic heterocycles. The van der Waals surface area contributed by atoms with Gasteiger partial charge in [0.05, 0.1) is 6.04 Å². The van der Waals surface area contributed by atoms with Gasteiger partial charge in [-0.25, -0.2) is 4.79 Å². The number of nitrogens with zero attached hydrogens (tertiary/aromatic N) is 1. The standard InChI is InChI=1S/C21H33N7O5S/c1-12(26-18(30)14(22)10-13-6-3-2-4-7-13)17(29)27-15(8-5-9-25-21(23)24)19(31)28-16(11-34)20(32)33/h2-4,6-7,12,14-16,34H,5,8-11,22H2,1H3,(H,26,30)(H,27,29)(H,28,31)(H,32,33)(H4,23,24,25). The number of carbonyl (C=O) groups is 4. The molecule has 0 aliphatic carbocycles. The quantitative estimate of drug-likeness (QED) is 0.0629. The average molecular weight is 496 g/mol. The summed E-state index contributed by atoms with van der Waals surface area (Å²) in [6.07, 6.45) is 0.746. The SMILES string of the molecule is CC(NC(=O)C(N)Cc1ccccc1)C(=O)NC(CCCN=C(N)N)C(=O)NC(CS)C(=O)O. The van der Waals surface area contributed by atoms with Gasteiger partial charge in [-0.15, -0.1) is 0 Å². The minimum atomic E-state index is -1.26. The van der Waals surface area contributed by atoms with E-state index in [1.165, 1.54) is 6.92 Å². The highest BCUT2D eigenvalue weighted by molar-refractivity contribution is 7.80. The Morgan fingerprint density at radius 1 is 1.00 bits per heavy atom. The van der Waals surface area contributed by atoms with Crippen LogP contribution in [0.3, 0.4) is 0 Å². The molecule has 1 aromatic rings. The van der Waals surface area contributed by atoms with Crippen LogP contribution in [0.4, 0.5) is 0 Å². The molecule has 1 aromatic carbocycles. The lowest BCUT2D eigenvalue weighted by molar-refractivity contribution is -0.141. The van der Waals surface area contributed by atoms with Crippen LogP contribution in [0, 0.1) is 0 Å². The van der Waals surface area contributed by atoms with Crippen molar-refractivity contribution in [3.8, 4) is 0 Å². The summed E-state index contributed by atoms with van der Waals surface area (Å²) in [5, 5.41) is 16.5. The van der Waals surface area contributed by atoms with Crippen LogP contribution in [0.2, 0.25) is 0 Å². The predicted molar refractivity (Wildman–Crippen MR) is 131 cm³/mol. The second kappa shape index (κ2) is 14.8. The molecule has 0 spiro atoms. The van der Waals surface area contributed by atoms with Crippen molar-refractivity contribution in [3.05, 3.63) is 35.9 Å². The Balaban J connectivity index is 2.75. The van der Waals surface area contributed by atoms with Crippen molar-refractivity contribution in [2.45, 2.75) is 50.4 Å². The lowest BCUT2D eigenvalue weighted by Crippen LogP contribution is -2.56. The van der Waals surface area contributed by atoms with Gasteiger partial charge in [-0.1, -0.05) is 30.3 Å². The van der Waals surface area contributed by atoms with Gasteiger partial charge in [-0.05, 0) is 31.7 Å². The molecule has 13 heteroatoms.